The van der Waals surface area contributed by atoms with Crippen LogP contribution >= 0.6 is 0 Å². The van der Waals surface area contributed by atoms with Crippen LogP contribution in [0.5, 0.6) is 11.5 Å². The first kappa shape index (κ1) is 25.6. The van der Waals surface area contributed by atoms with Crippen molar-refractivity contribution in [3.05, 3.63) is 83.4 Å². The van der Waals surface area contributed by atoms with Crippen molar-refractivity contribution in [1.29, 1.82) is 0 Å². The van der Waals surface area contributed by atoms with Crippen LogP contribution in [0.1, 0.15) is 29.0 Å². The molecule has 0 bridgehead atoms. The van der Waals surface area contributed by atoms with Crippen molar-refractivity contribution >= 4 is 18.0 Å². The number of alkyl carbamates (subject to hydrolysis) is 1. The summed E-state index contributed by atoms with van der Waals surface area (Å²) in [6.07, 6.45) is -1.37. The lowest BCUT2D eigenvalue weighted by Crippen LogP contribution is -2.44. The van der Waals surface area contributed by atoms with Gasteiger partial charge in [0, 0.05) is 18.0 Å². The number of carboxylic acid groups (broad SMARTS) is 1. The number of hydrogen-bond acceptors (Lipinski definition) is 6. The number of fused-ring (bicyclic) bond motifs is 3. The number of hydrogen-bond donors (Lipinski definition) is 3. The smallest absolute Gasteiger partial charge is 0.407 e. The molecule has 0 fully saturated rings. The Hall–Kier alpha value is -4.53. The maximum atomic E-state index is 12.5. The van der Waals surface area contributed by atoms with Crippen LogP contribution in [-0.2, 0) is 20.9 Å². The van der Waals surface area contributed by atoms with Gasteiger partial charge in [-0.3, -0.25) is 4.79 Å². The number of aliphatic carboxylic acids is 1. The van der Waals surface area contributed by atoms with Crippen LogP contribution < -0.4 is 20.1 Å². The van der Waals surface area contributed by atoms with Crippen LogP contribution in [0.25, 0.3) is 11.1 Å². The molecular formula is C28H28N2O7. The van der Waals surface area contributed by atoms with E-state index < -0.39 is 30.4 Å². The molecule has 0 saturated heterocycles. The summed E-state index contributed by atoms with van der Waals surface area (Å²) in [7, 11) is 2.99. The largest absolute Gasteiger partial charge is 0.493 e. The first-order chi connectivity index (χ1) is 17.9. The minimum atomic E-state index is -1.46. The minimum absolute atomic E-state index is 0.0357. The number of ether oxygens (including phenoxy) is 3. The van der Waals surface area contributed by atoms with E-state index in [0.29, 0.717) is 17.1 Å². The lowest BCUT2D eigenvalue weighted by Gasteiger charge is -2.18. The number of benzene rings is 3. The van der Waals surface area contributed by atoms with Crippen molar-refractivity contribution in [2.45, 2.75) is 24.9 Å². The van der Waals surface area contributed by atoms with Crippen molar-refractivity contribution in [3.63, 3.8) is 0 Å². The number of carbonyl (C=O) groups is 3. The van der Waals surface area contributed by atoms with E-state index in [0.717, 1.165) is 22.3 Å². The highest BCUT2D eigenvalue weighted by molar-refractivity contribution is 5.87. The number of amides is 2. The van der Waals surface area contributed by atoms with E-state index in [4.69, 9.17) is 14.2 Å². The van der Waals surface area contributed by atoms with E-state index in [2.05, 4.69) is 10.6 Å². The van der Waals surface area contributed by atoms with E-state index in [1.165, 1.54) is 14.2 Å². The van der Waals surface area contributed by atoms with E-state index in [1.54, 1.807) is 18.2 Å². The molecule has 2 amide bonds. The molecule has 37 heavy (non-hydrogen) atoms. The monoisotopic (exact) mass is 504 g/mol. The molecule has 0 heterocycles. The summed E-state index contributed by atoms with van der Waals surface area (Å²) >= 11 is 0. The predicted octanol–water partition coefficient (Wildman–Crippen LogP) is 3.70. The van der Waals surface area contributed by atoms with Crippen LogP contribution in [0.2, 0.25) is 0 Å². The summed E-state index contributed by atoms with van der Waals surface area (Å²) in [6, 6.07) is 19.6. The van der Waals surface area contributed by atoms with Gasteiger partial charge in [-0.25, -0.2) is 9.59 Å². The van der Waals surface area contributed by atoms with Gasteiger partial charge in [-0.05, 0) is 28.3 Å². The second kappa shape index (κ2) is 11.5. The topological polar surface area (TPSA) is 123 Å². The Labute approximate surface area is 214 Å². The second-order valence-electron chi connectivity index (χ2n) is 8.49. The molecule has 4 rings (SSSR count). The van der Waals surface area contributed by atoms with Gasteiger partial charge in [0.25, 0.3) is 0 Å². The molecule has 1 aliphatic rings. The van der Waals surface area contributed by atoms with E-state index in [1.807, 2.05) is 48.5 Å². The normalized spacial score (nSPS) is 12.6. The molecule has 1 atom stereocenters. The fourth-order valence-corrected chi connectivity index (χ4v) is 4.53. The summed E-state index contributed by atoms with van der Waals surface area (Å²) < 4.78 is 16.0. The highest BCUT2D eigenvalue weighted by atomic mass is 16.5. The zero-order chi connectivity index (χ0) is 26.4. The summed E-state index contributed by atoms with van der Waals surface area (Å²) in [5, 5.41) is 14.5. The molecule has 1 unspecified atom stereocenters. The minimum Gasteiger partial charge on any atom is -0.493 e. The average Bonchev–Trinajstić information content (AvgIpc) is 3.23. The van der Waals surface area contributed by atoms with Gasteiger partial charge in [0.2, 0.25) is 5.91 Å². The van der Waals surface area contributed by atoms with Gasteiger partial charge in [0.05, 0.1) is 20.6 Å². The summed E-state index contributed by atoms with van der Waals surface area (Å²) in [5.41, 5.74) is 4.91. The SMILES string of the molecule is COc1cccc(CNC(=O)CC(NC(=O)OCC2c3ccccc3-c3ccccc32)C(=O)O)c1OC. The number of nitrogens with one attached hydrogen (secondary N) is 2. The van der Waals surface area contributed by atoms with Crippen LogP contribution in [-0.4, -0.2) is 49.9 Å². The standard InChI is InChI=1S/C28H28N2O7/c1-35-24-13-7-8-17(26(24)36-2)15-29-25(31)14-23(27(32)33)30-28(34)37-16-22-20-11-5-3-9-18(20)19-10-4-6-12-21(19)22/h3-13,22-23H,14-16H2,1-2H3,(H,29,31)(H,30,34)(H,32,33). The molecule has 1 aliphatic carbocycles. The van der Waals surface area contributed by atoms with Gasteiger partial charge in [0.1, 0.15) is 12.6 Å². The zero-order valence-electron chi connectivity index (χ0n) is 20.5. The summed E-state index contributed by atoms with van der Waals surface area (Å²) in [6.45, 7) is 0.129. The highest BCUT2D eigenvalue weighted by Gasteiger charge is 2.30. The Morgan fingerprint density at radius 2 is 1.54 bits per heavy atom. The van der Waals surface area contributed by atoms with Crippen molar-refractivity contribution in [1.82, 2.24) is 10.6 Å². The van der Waals surface area contributed by atoms with Gasteiger partial charge < -0.3 is 30.0 Å². The molecular weight excluding hydrogens is 476 g/mol. The maximum absolute atomic E-state index is 12.5. The fourth-order valence-electron chi connectivity index (χ4n) is 4.53. The second-order valence-corrected chi connectivity index (χ2v) is 8.49. The first-order valence-electron chi connectivity index (χ1n) is 11.7. The van der Waals surface area contributed by atoms with Gasteiger partial charge in [0.15, 0.2) is 11.5 Å². The van der Waals surface area contributed by atoms with Gasteiger partial charge >= 0.3 is 12.1 Å². The third-order valence-electron chi connectivity index (χ3n) is 6.28. The molecule has 192 valence electrons. The van der Waals surface area contributed by atoms with E-state index >= 15 is 0 Å². The van der Waals surface area contributed by atoms with Gasteiger partial charge in [-0.15, -0.1) is 0 Å². The van der Waals surface area contributed by atoms with Crippen LogP contribution in [0.3, 0.4) is 0 Å². The lowest BCUT2D eigenvalue weighted by molar-refractivity contribution is -0.141. The lowest BCUT2D eigenvalue weighted by atomic mass is 9.98. The van der Waals surface area contributed by atoms with Crippen LogP contribution in [0.4, 0.5) is 4.79 Å². The Morgan fingerprint density at radius 1 is 0.892 bits per heavy atom. The molecule has 0 aliphatic heterocycles. The molecule has 0 radical (unpaired) electrons. The zero-order valence-corrected chi connectivity index (χ0v) is 20.5. The molecule has 3 aromatic rings. The molecule has 9 nitrogen and oxygen atoms in total. The summed E-state index contributed by atoms with van der Waals surface area (Å²) in [4.78, 5) is 36.7. The van der Waals surface area contributed by atoms with E-state index in [-0.39, 0.29) is 19.1 Å². The van der Waals surface area contributed by atoms with E-state index in [9.17, 15) is 19.5 Å². The Bertz CT molecular complexity index is 1260. The average molecular weight is 505 g/mol. The van der Waals surface area contributed by atoms with Crippen LogP contribution in [0.15, 0.2) is 66.7 Å². The fraction of sp³-hybridized carbons (Fsp3) is 0.250. The number of methoxy groups -OCH3 is 2. The predicted molar refractivity (Wildman–Crippen MR) is 136 cm³/mol. The van der Waals surface area contributed by atoms with Crippen molar-refractivity contribution < 1.29 is 33.7 Å². The van der Waals surface area contributed by atoms with Crippen molar-refractivity contribution in [2.24, 2.45) is 0 Å². The number of carbonyl (C=O) groups excluding carboxylic acids is 2. The quantitative estimate of drug-likeness (QED) is 0.385. The molecule has 0 saturated carbocycles. The molecule has 3 N–H and O–H groups in total. The molecule has 9 heteroatoms. The third kappa shape index (κ3) is 5.66. The van der Waals surface area contributed by atoms with Crippen molar-refractivity contribution in [2.75, 3.05) is 20.8 Å². The molecule has 0 aromatic heterocycles. The van der Waals surface area contributed by atoms with Crippen LogP contribution in [0, 0.1) is 0 Å². The Balaban J connectivity index is 1.34. The first-order valence-corrected chi connectivity index (χ1v) is 11.7. The Morgan fingerprint density at radius 3 is 2.14 bits per heavy atom. The van der Waals surface area contributed by atoms with Gasteiger partial charge in [-0.1, -0.05) is 60.7 Å². The number of rotatable bonds is 10. The number of carboxylic acids is 1. The molecule has 3 aromatic carbocycles. The van der Waals surface area contributed by atoms with Crippen molar-refractivity contribution in [3.8, 4) is 22.6 Å². The number of para-hydroxylation sites is 1. The third-order valence-corrected chi connectivity index (χ3v) is 6.28. The maximum Gasteiger partial charge on any atom is 0.407 e. The molecule has 0 spiro atoms. The summed E-state index contributed by atoms with van der Waals surface area (Å²) in [5.74, 6) is -1.09. The van der Waals surface area contributed by atoms with Gasteiger partial charge in [-0.2, -0.15) is 0 Å². The highest BCUT2D eigenvalue weighted by Crippen LogP contribution is 2.44. The Kier molecular flexibility index (Phi) is 7.92.